The summed E-state index contributed by atoms with van der Waals surface area (Å²) in [6.45, 7) is 7.49. The third-order valence-electron chi connectivity index (χ3n) is 2.28. The van der Waals surface area contributed by atoms with Crippen LogP contribution in [0, 0.1) is 5.92 Å². The van der Waals surface area contributed by atoms with Gasteiger partial charge in [0.05, 0.1) is 13.2 Å². The van der Waals surface area contributed by atoms with Crippen LogP contribution in [0.4, 0.5) is 4.79 Å². The summed E-state index contributed by atoms with van der Waals surface area (Å²) in [5.41, 5.74) is 0. The van der Waals surface area contributed by atoms with E-state index in [0.717, 1.165) is 0 Å². The zero-order chi connectivity index (χ0) is 15.5. The van der Waals surface area contributed by atoms with Gasteiger partial charge in [-0.05, 0) is 26.2 Å². The van der Waals surface area contributed by atoms with Gasteiger partial charge in [-0.15, -0.1) is 0 Å². The fraction of sp³-hybridized carbons (Fsp3) is 0.769. The van der Waals surface area contributed by atoms with Crippen LogP contribution in [0.25, 0.3) is 0 Å². The van der Waals surface area contributed by atoms with Crippen LogP contribution in [0.2, 0.25) is 0 Å². The Balaban J connectivity index is 4.31. The average molecular weight is 288 g/mol. The molecule has 7 nitrogen and oxygen atoms in total. The quantitative estimate of drug-likeness (QED) is 0.645. The molecule has 0 radical (unpaired) electrons. The van der Waals surface area contributed by atoms with E-state index in [-0.39, 0.29) is 25.7 Å². The number of rotatable bonds is 8. The Bertz CT molecular complexity index is 331. The van der Waals surface area contributed by atoms with E-state index < -0.39 is 24.0 Å². The highest BCUT2D eigenvalue weighted by Gasteiger charge is 2.23. The van der Waals surface area contributed by atoms with E-state index in [0.29, 0.717) is 6.42 Å². The summed E-state index contributed by atoms with van der Waals surface area (Å²) in [6, 6.07) is -0.702. The Morgan fingerprint density at radius 2 is 1.65 bits per heavy atom. The molecule has 0 aliphatic rings. The van der Waals surface area contributed by atoms with Crippen molar-refractivity contribution in [1.82, 2.24) is 10.6 Å². The van der Waals surface area contributed by atoms with Crippen molar-refractivity contribution in [2.45, 2.75) is 40.2 Å². The van der Waals surface area contributed by atoms with E-state index in [4.69, 9.17) is 4.74 Å². The zero-order valence-electron chi connectivity index (χ0n) is 12.5. The highest BCUT2D eigenvalue weighted by atomic mass is 16.5. The van der Waals surface area contributed by atoms with Crippen LogP contribution in [0.15, 0.2) is 0 Å². The minimum absolute atomic E-state index is 0.225. The first-order valence-electron chi connectivity index (χ1n) is 6.77. The summed E-state index contributed by atoms with van der Waals surface area (Å²) in [5.74, 6) is -0.704. The van der Waals surface area contributed by atoms with E-state index in [9.17, 15) is 14.4 Å². The molecule has 1 unspecified atom stereocenters. The molecule has 0 aliphatic heterocycles. The summed E-state index contributed by atoms with van der Waals surface area (Å²) in [6.07, 6.45) is -0.191. The fourth-order valence-corrected chi connectivity index (χ4v) is 1.51. The molecule has 1 atom stereocenters. The molecule has 0 saturated carbocycles. The minimum Gasteiger partial charge on any atom is -0.464 e. The van der Waals surface area contributed by atoms with E-state index in [1.54, 1.807) is 13.8 Å². The molecular weight excluding hydrogens is 264 g/mol. The van der Waals surface area contributed by atoms with Crippen LogP contribution in [-0.4, -0.2) is 43.8 Å². The number of esters is 1. The van der Waals surface area contributed by atoms with Gasteiger partial charge >= 0.3 is 12.1 Å². The summed E-state index contributed by atoms with van der Waals surface area (Å²) in [4.78, 5) is 34.4. The van der Waals surface area contributed by atoms with Gasteiger partial charge in [0.2, 0.25) is 5.91 Å². The van der Waals surface area contributed by atoms with Gasteiger partial charge in [-0.1, -0.05) is 13.8 Å². The molecule has 0 aliphatic carbocycles. The standard InChI is InChI=1S/C13H24N2O5/c1-5-19-12(17)10(7-9(3)4)15-11(16)8-14-13(18)20-6-2/h9-10H,5-8H2,1-4H3,(H,14,18)(H,15,16). The fourth-order valence-electron chi connectivity index (χ4n) is 1.51. The second kappa shape index (κ2) is 10.1. The lowest BCUT2D eigenvalue weighted by Crippen LogP contribution is -2.46. The SMILES string of the molecule is CCOC(=O)NCC(=O)NC(CC(C)C)C(=O)OCC. The lowest BCUT2D eigenvalue weighted by atomic mass is 10.0. The number of carbonyl (C=O) groups excluding carboxylic acids is 3. The Morgan fingerprint density at radius 1 is 1.05 bits per heavy atom. The molecule has 0 aromatic heterocycles. The Kier molecular flexibility index (Phi) is 9.15. The van der Waals surface area contributed by atoms with Crippen molar-refractivity contribution in [3.05, 3.63) is 0 Å². The van der Waals surface area contributed by atoms with Crippen LogP contribution in [0.3, 0.4) is 0 Å². The predicted octanol–water partition coefficient (Wildman–Crippen LogP) is 0.827. The average Bonchev–Trinajstić information content (AvgIpc) is 2.35. The van der Waals surface area contributed by atoms with E-state index in [1.807, 2.05) is 13.8 Å². The van der Waals surface area contributed by atoms with Crippen LogP contribution >= 0.6 is 0 Å². The van der Waals surface area contributed by atoms with Gasteiger partial charge in [-0.3, -0.25) is 4.79 Å². The lowest BCUT2D eigenvalue weighted by molar-refractivity contribution is -0.147. The van der Waals surface area contributed by atoms with Crippen molar-refractivity contribution < 1.29 is 23.9 Å². The maximum Gasteiger partial charge on any atom is 0.407 e. The molecule has 0 aromatic rings. The molecule has 7 heteroatoms. The van der Waals surface area contributed by atoms with Crippen LogP contribution in [-0.2, 0) is 19.1 Å². The van der Waals surface area contributed by atoms with Gasteiger partial charge in [-0.2, -0.15) is 0 Å². The maximum atomic E-state index is 11.7. The predicted molar refractivity (Wildman–Crippen MR) is 73.0 cm³/mol. The third kappa shape index (κ3) is 8.34. The van der Waals surface area contributed by atoms with Crippen molar-refractivity contribution in [3.63, 3.8) is 0 Å². The molecule has 0 aromatic carbocycles. The van der Waals surface area contributed by atoms with Crippen molar-refractivity contribution in [1.29, 1.82) is 0 Å². The number of nitrogens with one attached hydrogen (secondary N) is 2. The van der Waals surface area contributed by atoms with Gasteiger partial charge in [0, 0.05) is 0 Å². The first-order chi connectivity index (χ1) is 9.40. The topological polar surface area (TPSA) is 93.7 Å². The molecule has 0 spiro atoms. The summed E-state index contributed by atoms with van der Waals surface area (Å²) in [7, 11) is 0. The van der Waals surface area contributed by atoms with Gasteiger partial charge in [-0.25, -0.2) is 9.59 Å². The van der Waals surface area contributed by atoms with Gasteiger partial charge in [0.25, 0.3) is 0 Å². The first kappa shape index (κ1) is 18.2. The van der Waals surface area contributed by atoms with E-state index in [2.05, 4.69) is 15.4 Å². The molecule has 0 saturated heterocycles. The third-order valence-corrected chi connectivity index (χ3v) is 2.28. The first-order valence-corrected chi connectivity index (χ1v) is 6.77. The molecule has 116 valence electrons. The molecule has 0 heterocycles. The Hall–Kier alpha value is -1.79. The van der Waals surface area contributed by atoms with E-state index >= 15 is 0 Å². The van der Waals surface area contributed by atoms with Crippen LogP contribution in [0.1, 0.15) is 34.1 Å². The van der Waals surface area contributed by atoms with Crippen molar-refractivity contribution in [3.8, 4) is 0 Å². The molecule has 2 amide bonds. The zero-order valence-corrected chi connectivity index (χ0v) is 12.5. The number of ether oxygens (including phenoxy) is 2. The van der Waals surface area contributed by atoms with Gasteiger partial charge < -0.3 is 20.1 Å². The minimum atomic E-state index is -0.702. The largest absolute Gasteiger partial charge is 0.464 e. The maximum absolute atomic E-state index is 11.7. The highest BCUT2D eigenvalue weighted by Crippen LogP contribution is 2.06. The molecule has 20 heavy (non-hydrogen) atoms. The second-order valence-electron chi connectivity index (χ2n) is 4.58. The summed E-state index contributed by atoms with van der Waals surface area (Å²) < 4.78 is 9.53. The molecule has 0 bridgehead atoms. The number of hydrogen-bond donors (Lipinski definition) is 2. The Morgan fingerprint density at radius 3 is 2.15 bits per heavy atom. The Labute approximate surface area is 119 Å². The van der Waals surface area contributed by atoms with E-state index in [1.165, 1.54) is 0 Å². The van der Waals surface area contributed by atoms with Crippen molar-refractivity contribution in [2.24, 2.45) is 5.92 Å². The molecule has 2 N–H and O–H groups in total. The van der Waals surface area contributed by atoms with Crippen molar-refractivity contribution in [2.75, 3.05) is 19.8 Å². The second-order valence-corrected chi connectivity index (χ2v) is 4.58. The lowest BCUT2D eigenvalue weighted by Gasteiger charge is -2.19. The number of carbonyl (C=O) groups is 3. The molecule has 0 fully saturated rings. The van der Waals surface area contributed by atoms with Gasteiger partial charge in [0.15, 0.2) is 0 Å². The molecular formula is C13H24N2O5. The summed E-state index contributed by atoms with van der Waals surface area (Å²) in [5, 5.41) is 4.83. The van der Waals surface area contributed by atoms with Crippen molar-refractivity contribution >= 4 is 18.0 Å². The highest BCUT2D eigenvalue weighted by molar-refractivity contribution is 5.87. The summed E-state index contributed by atoms with van der Waals surface area (Å²) >= 11 is 0. The van der Waals surface area contributed by atoms with Gasteiger partial charge in [0.1, 0.15) is 12.6 Å². The number of alkyl carbamates (subject to hydrolysis) is 1. The van der Waals surface area contributed by atoms with Crippen LogP contribution in [0.5, 0.6) is 0 Å². The number of hydrogen-bond acceptors (Lipinski definition) is 5. The number of amides is 2. The normalized spacial score (nSPS) is 11.7. The van der Waals surface area contributed by atoms with Crippen LogP contribution < -0.4 is 10.6 Å². The monoisotopic (exact) mass is 288 g/mol. The smallest absolute Gasteiger partial charge is 0.407 e. The molecule has 0 rings (SSSR count).